The molecule has 0 radical (unpaired) electrons. The second-order valence-corrected chi connectivity index (χ2v) is 6.26. The van der Waals surface area contributed by atoms with Crippen LogP contribution in [-0.4, -0.2) is 25.0 Å². The maximum Gasteiger partial charge on any atom is 0.124 e. The molecule has 1 saturated heterocycles. The minimum Gasteiger partial charge on any atom is -0.316 e. The molecule has 1 fully saturated rings. The van der Waals surface area contributed by atoms with E-state index >= 15 is 0 Å². The Hall–Kier alpha value is -0.610. The lowest BCUT2D eigenvalue weighted by Gasteiger charge is -2.40. The van der Waals surface area contributed by atoms with E-state index in [9.17, 15) is 8.78 Å². The normalized spacial score (nSPS) is 18.5. The van der Waals surface area contributed by atoms with Crippen LogP contribution in [0.4, 0.5) is 8.78 Å². The molecule has 2 rings (SSSR count). The van der Waals surface area contributed by atoms with Crippen molar-refractivity contribution in [3.05, 3.63) is 29.6 Å². The Bertz CT molecular complexity index is 424. The van der Waals surface area contributed by atoms with Crippen molar-refractivity contribution in [2.45, 2.75) is 30.3 Å². The fourth-order valence-electron chi connectivity index (χ4n) is 2.66. The van der Waals surface area contributed by atoms with Crippen LogP contribution in [0.25, 0.3) is 0 Å². The van der Waals surface area contributed by atoms with E-state index in [2.05, 4.69) is 5.32 Å². The summed E-state index contributed by atoms with van der Waals surface area (Å²) < 4.78 is 28.0. The third-order valence-corrected chi connectivity index (χ3v) is 4.22. The predicted molar refractivity (Wildman–Crippen MR) is 72.5 cm³/mol. The van der Waals surface area contributed by atoms with Crippen molar-refractivity contribution >= 4 is 11.8 Å². The van der Waals surface area contributed by atoms with E-state index in [0.29, 0.717) is 0 Å². The second kappa shape index (κ2) is 5.17. The summed E-state index contributed by atoms with van der Waals surface area (Å²) in [5, 5.41) is 3.16. The standard InChI is InChI=1S/C14H19F2NS/c1-14(2,16)13(10-7-17-8-10)9-4-11(15)6-12(5-9)18-3/h4-6,10,13,17H,7-8H2,1-3H3/t13-/m1/s1. The van der Waals surface area contributed by atoms with Crippen LogP contribution in [-0.2, 0) is 0 Å². The average Bonchev–Trinajstić information content (AvgIpc) is 2.20. The van der Waals surface area contributed by atoms with E-state index < -0.39 is 5.67 Å². The fourth-order valence-corrected chi connectivity index (χ4v) is 3.14. The first-order valence-corrected chi connectivity index (χ1v) is 7.38. The van der Waals surface area contributed by atoms with Gasteiger partial charge in [0.15, 0.2) is 0 Å². The molecule has 0 spiro atoms. The van der Waals surface area contributed by atoms with Crippen LogP contribution in [0.15, 0.2) is 23.1 Å². The molecule has 1 nitrogen and oxygen atoms in total. The number of hydrogen-bond acceptors (Lipinski definition) is 2. The molecular formula is C14H19F2NS. The lowest BCUT2D eigenvalue weighted by atomic mass is 9.74. The number of nitrogens with one attached hydrogen (secondary N) is 1. The van der Waals surface area contributed by atoms with Gasteiger partial charge >= 0.3 is 0 Å². The molecule has 1 atom stereocenters. The highest BCUT2D eigenvalue weighted by molar-refractivity contribution is 7.98. The Labute approximate surface area is 111 Å². The largest absolute Gasteiger partial charge is 0.316 e. The molecule has 0 aromatic heterocycles. The highest BCUT2D eigenvalue weighted by Gasteiger charge is 2.39. The van der Waals surface area contributed by atoms with Crippen LogP contribution in [0, 0.1) is 11.7 Å². The summed E-state index contributed by atoms with van der Waals surface area (Å²) in [5.41, 5.74) is -0.561. The number of halogens is 2. The zero-order valence-electron chi connectivity index (χ0n) is 11.0. The number of benzene rings is 1. The zero-order valence-corrected chi connectivity index (χ0v) is 11.8. The van der Waals surface area contributed by atoms with Gasteiger partial charge in [-0.25, -0.2) is 8.78 Å². The van der Waals surface area contributed by atoms with Gasteiger partial charge in [0.25, 0.3) is 0 Å². The van der Waals surface area contributed by atoms with Crippen LogP contribution in [0.5, 0.6) is 0 Å². The van der Waals surface area contributed by atoms with Gasteiger partial charge in [0.05, 0.1) is 0 Å². The van der Waals surface area contributed by atoms with Gasteiger partial charge in [0, 0.05) is 10.8 Å². The molecule has 1 aromatic rings. The number of hydrogen-bond donors (Lipinski definition) is 1. The molecular weight excluding hydrogens is 252 g/mol. The Balaban J connectivity index is 2.38. The Kier molecular flexibility index (Phi) is 3.97. The summed E-state index contributed by atoms with van der Waals surface area (Å²) in [6.07, 6.45) is 1.90. The minimum atomic E-state index is -1.34. The second-order valence-electron chi connectivity index (χ2n) is 5.38. The molecule has 1 aliphatic heterocycles. The Morgan fingerprint density at radius 1 is 1.33 bits per heavy atom. The van der Waals surface area contributed by atoms with E-state index in [1.54, 1.807) is 13.8 Å². The predicted octanol–water partition coefficient (Wildman–Crippen LogP) is 3.60. The fraction of sp³-hybridized carbons (Fsp3) is 0.571. The average molecular weight is 271 g/mol. The molecule has 1 aliphatic rings. The smallest absolute Gasteiger partial charge is 0.124 e. The number of alkyl halides is 1. The molecule has 0 amide bonds. The first kappa shape index (κ1) is 13.8. The lowest BCUT2D eigenvalue weighted by molar-refractivity contribution is 0.107. The molecule has 18 heavy (non-hydrogen) atoms. The van der Waals surface area contributed by atoms with E-state index in [4.69, 9.17) is 0 Å². The molecule has 100 valence electrons. The lowest BCUT2D eigenvalue weighted by Crippen LogP contribution is -2.49. The van der Waals surface area contributed by atoms with Gasteiger partial charge in [-0.3, -0.25) is 0 Å². The van der Waals surface area contributed by atoms with Gasteiger partial charge < -0.3 is 5.32 Å². The van der Waals surface area contributed by atoms with E-state index in [0.717, 1.165) is 23.5 Å². The summed E-state index contributed by atoms with van der Waals surface area (Å²) in [4.78, 5) is 0.853. The van der Waals surface area contributed by atoms with Gasteiger partial charge in [0.1, 0.15) is 11.5 Å². The van der Waals surface area contributed by atoms with Gasteiger partial charge in [-0.15, -0.1) is 11.8 Å². The number of rotatable bonds is 4. The van der Waals surface area contributed by atoms with E-state index in [-0.39, 0.29) is 17.7 Å². The summed E-state index contributed by atoms with van der Waals surface area (Å²) >= 11 is 1.48. The molecule has 0 unspecified atom stereocenters. The Morgan fingerprint density at radius 2 is 2.00 bits per heavy atom. The van der Waals surface area contributed by atoms with Crippen molar-refractivity contribution in [3.8, 4) is 0 Å². The van der Waals surface area contributed by atoms with Crippen LogP contribution < -0.4 is 5.32 Å². The van der Waals surface area contributed by atoms with Crippen molar-refractivity contribution in [2.75, 3.05) is 19.3 Å². The van der Waals surface area contributed by atoms with Crippen LogP contribution >= 0.6 is 11.8 Å². The molecule has 0 saturated carbocycles. The van der Waals surface area contributed by atoms with E-state index in [1.165, 1.54) is 23.9 Å². The summed E-state index contributed by atoms with van der Waals surface area (Å²) in [6.45, 7) is 4.78. The number of thioether (sulfide) groups is 1. The monoisotopic (exact) mass is 271 g/mol. The molecule has 1 heterocycles. The maximum absolute atomic E-state index is 14.4. The molecule has 0 bridgehead atoms. The minimum absolute atomic E-state index is 0.250. The van der Waals surface area contributed by atoms with Crippen LogP contribution in [0.2, 0.25) is 0 Å². The van der Waals surface area contributed by atoms with Crippen LogP contribution in [0.1, 0.15) is 25.3 Å². The summed E-state index contributed by atoms with van der Waals surface area (Å²) in [5.74, 6) is -0.278. The third kappa shape index (κ3) is 2.86. The van der Waals surface area contributed by atoms with Crippen molar-refractivity contribution in [1.82, 2.24) is 5.32 Å². The first-order chi connectivity index (χ1) is 8.41. The molecule has 4 heteroatoms. The summed E-state index contributed by atoms with van der Waals surface area (Å²) in [7, 11) is 0. The topological polar surface area (TPSA) is 12.0 Å². The molecule has 0 aliphatic carbocycles. The van der Waals surface area contributed by atoms with Crippen molar-refractivity contribution in [3.63, 3.8) is 0 Å². The van der Waals surface area contributed by atoms with Gasteiger partial charge in [-0.1, -0.05) is 0 Å². The van der Waals surface area contributed by atoms with Crippen molar-refractivity contribution in [2.24, 2.45) is 5.92 Å². The van der Waals surface area contributed by atoms with Crippen molar-refractivity contribution in [1.29, 1.82) is 0 Å². The first-order valence-electron chi connectivity index (χ1n) is 6.16. The third-order valence-electron chi connectivity index (χ3n) is 3.51. The highest BCUT2D eigenvalue weighted by atomic mass is 32.2. The Morgan fingerprint density at radius 3 is 2.44 bits per heavy atom. The van der Waals surface area contributed by atoms with E-state index in [1.807, 2.05) is 12.3 Å². The van der Waals surface area contributed by atoms with Gasteiger partial charge in [-0.05, 0) is 62.9 Å². The quantitative estimate of drug-likeness (QED) is 0.840. The van der Waals surface area contributed by atoms with Gasteiger partial charge in [-0.2, -0.15) is 0 Å². The van der Waals surface area contributed by atoms with Gasteiger partial charge in [0.2, 0.25) is 0 Å². The zero-order chi connectivity index (χ0) is 13.3. The van der Waals surface area contributed by atoms with Crippen LogP contribution in [0.3, 0.4) is 0 Å². The molecule has 1 aromatic carbocycles. The molecule has 1 N–H and O–H groups in total. The highest BCUT2D eigenvalue weighted by Crippen LogP contribution is 2.40. The maximum atomic E-state index is 14.4. The van der Waals surface area contributed by atoms with Crippen molar-refractivity contribution < 1.29 is 8.78 Å². The SMILES string of the molecule is CSc1cc(F)cc([C@H](C2CNC2)C(C)(C)F)c1. The summed E-state index contributed by atoms with van der Waals surface area (Å²) in [6, 6.07) is 4.89.